The standard InChI is InChI=1S/C21H23N3O2/c1-15-21(16(2)24(23-15)18-9-5-4-6-10-18)22-20(25)13-12-17-8-7-11-19(14-17)26-3/h4-11,14H,12-13H2,1-3H3,(H,22,25). The van der Waals surface area contributed by atoms with E-state index in [0.29, 0.717) is 12.8 Å². The van der Waals surface area contributed by atoms with Gasteiger partial charge in [-0.05, 0) is 50.1 Å². The van der Waals surface area contributed by atoms with E-state index in [1.165, 1.54) is 0 Å². The minimum Gasteiger partial charge on any atom is -0.497 e. The van der Waals surface area contributed by atoms with Gasteiger partial charge < -0.3 is 10.1 Å². The van der Waals surface area contributed by atoms with Gasteiger partial charge in [0.25, 0.3) is 0 Å². The molecule has 1 heterocycles. The summed E-state index contributed by atoms with van der Waals surface area (Å²) < 4.78 is 7.08. The van der Waals surface area contributed by atoms with Gasteiger partial charge in [-0.1, -0.05) is 30.3 Å². The molecule has 0 saturated heterocycles. The fourth-order valence-corrected chi connectivity index (χ4v) is 2.93. The monoisotopic (exact) mass is 349 g/mol. The highest BCUT2D eigenvalue weighted by atomic mass is 16.5. The number of para-hydroxylation sites is 1. The fraction of sp³-hybridized carbons (Fsp3) is 0.238. The van der Waals surface area contributed by atoms with Gasteiger partial charge in [-0.3, -0.25) is 4.79 Å². The predicted octanol–water partition coefficient (Wildman–Crippen LogP) is 4.07. The van der Waals surface area contributed by atoms with Crippen LogP contribution >= 0.6 is 0 Å². The van der Waals surface area contributed by atoms with Crippen LogP contribution in [-0.4, -0.2) is 22.8 Å². The number of amides is 1. The Morgan fingerprint density at radius 3 is 2.62 bits per heavy atom. The zero-order valence-corrected chi connectivity index (χ0v) is 15.3. The summed E-state index contributed by atoms with van der Waals surface area (Å²) in [6, 6.07) is 17.7. The number of nitrogens with one attached hydrogen (secondary N) is 1. The number of carbonyl (C=O) groups excluding carboxylic acids is 1. The van der Waals surface area contributed by atoms with Crippen LogP contribution in [0.15, 0.2) is 54.6 Å². The number of ether oxygens (including phenoxy) is 1. The summed E-state index contributed by atoms with van der Waals surface area (Å²) in [4.78, 5) is 12.4. The average molecular weight is 349 g/mol. The molecular formula is C21H23N3O2. The number of methoxy groups -OCH3 is 1. The van der Waals surface area contributed by atoms with Crippen LogP contribution in [0.3, 0.4) is 0 Å². The molecule has 0 atom stereocenters. The second kappa shape index (κ2) is 7.87. The van der Waals surface area contributed by atoms with E-state index in [1.54, 1.807) is 7.11 Å². The third-order valence-electron chi connectivity index (χ3n) is 4.33. The molecule has 5 nitrogen and oxygen atoms in total. The molecule has 26 heavy (non-hydrogen) atoms. The Hall–Kier alpha value is -3.08. The van der Waals surface area contributed by atoms with E-state index in [1.807, 2.05) is 73.1 Å². The SMILES string of the molecule is COc1cccc(CCC(=O)Nc2c(C)nn(-c3ccccc3)c2C)c1. The number of aromatic nitrogens is 2. The molecule has 0 saturated carbocycles. The number of hydrogen-bond acceptors (Lipinski definition) is 3. The van der Waals surface area contributed by atoms with E-state index in [0.717, 1.165) is 34.1 Å². The third-order valence-corrected chi connectivity index (χ3v) is 4.33. The second-order valence-corrected chi connectivity index (χ2v) is 6.19. The Bertz CT molecular complexity index is 901. The van der Waals surface area contributed by atoms with Crippen molar-refractivity contribution < 1.29 is 9.53 Å². The summed E-state index contributed by atoms with van der Waals surface area (Å²) in [5.41, 5.74) is 4.56. The minimum absolute atomic E-state index is 0.0216. The number of anilines is 1. The summed E-state index contributed by atoms with van der Waals surface area (Å²) in [7, 11) is 1.64. The molecule has 0 spiro atoms. The fourth-order valence-electron chi connectivity index (χ4n) is 2.93. The second-order valence-electron chi connectivity index (χ2n) is 6.19. The number of benzene rings is 2. The van der Waals surface area contributed by atoms with Crippen LogP contribution in [0.4, 0.5) is 5.69 Å². The third kappa shape index (κ3) is 3.94. The summed E-state index contributed by atoms with van der Waals surface area (Å²) in [5.74, 6) is 0.783. The summed E-state index contributed by atoms with van der Waals surface area (Å²) >= 11 is 0. The van der Waals surface area contributed by atoms with Gasteiger partial charge in [0.1, 0.15) is 5.75 Å². The molecule has 1 N–H and O–H groups in total. The molecule has 1 aromatic heterocycles. The molecule has 0 aliphatic rings. The molecule has 3 aromatic rings. The van der Waals surface area contributed by atoms with Crippen molar-refractivity contribution >= 4 is 11.6 Å². The van der Waals surface area contributed by atoms with Gasteiger partial charge >= 0.3 is 0 Å². The summed E-state index contributed by atoms with van der Waals surface area (Å²) in [6.07, 6.45) is 1.07. The van der Waals surface area contributed by atoms with Gasteiger partial charge in [0.05, 0.1) is 29.9 Å². The maximum Gasteiger partial charge on any atom is 0.224 e. The van der Waals surface area contributed by atoms with E-state index in [9.17, 15) is 4.79 Å². The van der Waals surface area contributed by atoms with Crippen molar-refractivity contribution in [2.45, 2.75) is 26.7 Å². The van der Waals surface area contributed by atoms with Gasteiger partial charge in [-0.25, -0.2) is 4.68 Å². The largest absolute Gasteiger partial charge is 0.497 e. The first-order chi connectivity index (χ1) is 12.6. The van der Waals surface area contributed by atoms with E-state index >= 15 is 0 Å². The highest BCUT2D eigenvalue weighted by Gasteiger charge is 2.15. The maximum atomic E-state index is 12.4. The zero-order valence-electron chi connectivity index (χ0n) is 15.3. The van der Waals surface area contributed by atoms with Crippen molar-refractivity contribution in [3.63, 3.8) is 0 Å². The van der Waals surface area contributed by atoms with Crippen molar-refractivity contribution in [1.29, 1.82) is 0 Å². The number of aryl methyl sites for hydroxylation is 2. The van der Waals surface area contributed by atoms with Crippen molar-refractivity contribution in [2.24, 2.45) is 0 Å². The topological polar surface area (TPSA) is 56.1 Å². The highest BCUT2D eigenvalue weighted by molar-refractivity contribution is 5.92. The Morgan fingerprint density at radius 1 is 1.12 bits per heavy atom. The number of nitrogens with zero attached hydrogens (tertiary/aromatic N) is 2. The Morgan fingerprint density at radius 2 is 1.88 bits per heavy atom. The molecule has 1 amide bonds. The molecule has 5 heteroatoms. The lowest BCUT2D eigenvalue weighted by Gasteiger charge is -2.08. The summed E-state index contributed by atoms with van der Waals surface area (Å²) in [6.45, 7) is 3.87. The van der Waals surface area contributed by atoms with Crippen molar-refractivity contribution in [1.82, 2.24) is 9.78 Å². The molecule has 2 aromatic carbocycles. The van der Waals surface area contributed by atoms with E-state index in [4.69, 9.17) is 4.74 Å². The Labute approximate surface area is 153 Å². The predicted molar refractivity (Wildman–Crippen MR) is 103 cm³/mol. The van der Waals surface area contributed by atoms with Crippen LogP contribution in [0.5, 0.6) is 5.75 Å². The lowest BCUT2D eigenvalue weighted by molar-refractivity contribution is -0.116. The van der Waals surface area contributed by atoms with Crippen molar-refractivity contribution in [3.05, 3.63) is 71.5 Å². The Balaban J connectivity index is 1.69. The molecule has 0 bridgehead atoms. The van der Waals surface area contributed by atoms with Gasteiger partial charge in [0, 0.05) is 6.42 Å². The van der Waals surface area contributed by atoms with Crippen LogP contribution in [0, 0.1) is 13.8 Å². The van der Waals surface area contributed by atoms with Gasteiger partial charge in [0.2, 0.25) is 5.91 Å². The number of hydrogen-bond donors (Lipinski definition) is 1. The lowest BCUT2D eigenvalue weighted by Crippen LogP contribution is -2.13. The van der Waals surface area contributed by atoms with Gasteiger partial charge in [-0.15, -0.1) is 0 Å². The molecule has 0 fully saturated rings. The zero-order chi connectivity index (χ0) is 18.5. The number of rotatable bonds is 6. The van der Waals surface area contributed by atoms with Crippen molar-refractivity contribution in [2.75, 3.05) is 12.4 Å². The maximum absolute atomic E-state index is 12.4. The minimum atomic E-state index is -0.0216. The Kier molecular flexibility index (Phi) is 5.37. The van der Waals surface area contributed by atoms with Gasteiger partial charge in [-0.2, -0.15) is 5.10 Å². The molecule has 0 radical (unpaired) electrons. The molecule has 3 rings (SSSR count). The molecular weight excluding hydrogens is 326 g/mol. The smallest absolute Gasteiger partial charge is 0.224 e. The van der Waals surface area contributed by atoms with Crippen LogP contribution in [0.25, 0.3) is 5.69 Å². The van der Waals surface area contributed by atoms with Crippen LogP contribution in [0.2, 0.25) is 0 Å². The van der Waals surface area contributed by atoms with E-state index < -0.39 is 0 Å². The summed E-state index contributed by atoms with van der Waals surface area (Å²) in [5, 5.41) is 7.57. The first kappa shape index (κ1) is 17.7. The molecule has 134 valence electrons. The molecule has 0 aliphatic heterocycles. The van der Waals surface area contributed by atoms with Crippen molar-refractivity contribution in [3.8, 4) is 11.4 Å². The van der Waals surface area contributed by atoms with Crippen LogP contribution in [-0.2, 0) is 11.2 Å². The quantitative estimate of drug-likeness (QED) is 0.730. The van der Waals surface area contributed by atoms with E-state index in [-0.39, 0.29) is 5.91 Å². The first-order valence-electron chi connectivity index (χ1n) is 8.63. The lowest BCUT2D eigenvalue weighted by atomic mass is 10.1. The average Bonchev–Trinajstić information content (AvgIpc) is 2.95. The van der Waals surface area contributed by atoms with Gasteiger partial charge in [0.15, 0.2) is 0 Å². The molecule has 0 aliphatic carbocycles. The first-order valence-corrected chi connectivity index (χ1v) is 8.63. The normalized spacial score (nSPS) is 10.6. The van der Waals surface area contributed by atoms with E-state index in [2.05, 4.69) is 10.4 Å². The number of carbonyl (C=O) groups is 1. The molecule has 0 unspecified atom stereocenters. The van der Waals surface area contributed by atoms with Crippen LogP contribution < -0.4 is 10.1 Å². The van der Waals surface area contributed by atoms with Crippen LogP contribution in [0.1, 0.15) is 23.4 Å². The highest BCUT2D eigenvalue weighted by Crippen LogP contribution is 2.23.